The van der Waals surface area contributed by atoms with Gasteiger partial charge < -0.3 is 4.74 Å². The van der Waals surface area contributed by atoms with Crippen LogP contribution >= 0.6 is 27.3 Å². The van der Waals surface area contributed by atoms with Crippen molar-refractivity contribution in [3.8, 4) is 5.75 Å². The van der Waals surface area contributed by atoms with Gasteiger partial charge in [-0.1, -0.05) is 12.1 Å². The van der Waals surface area contributed by atoms with Crippen LogP contribution in [0.25, 0.3) is 0 Å². The fourth-order valence-electron chi connectivity index (χ4n) is 1.98. The van der Waals surface area contributed by atoms with E-state index in [0.29, 0.717) is 0 Å². The molecule has 1 atom stereocenters. The summed E-state index contributed by atoms with van der Waals surface area (Å²) < 4.78 is 6.37. The highest BCUT2D eigenvalue weighted by Crippen LogP contribution is 2.22. The quantitative estimate of drug-likeness (QED) is 0.627. The van der Waals surface area contributed by atoms with E-state index in [1.54, 1.807) is 18.4 Å². The van der Waals surface area contributed by atoms with Crippen LogP contribution in [0.1, 0.15) is 10.4 Å². The molecule has 0 aliphatic carbocycles. The summed E-state index contributed by atoms with van der Waals surface area (Å²) in [6.07, 6.45) is 1.80. The van der Waals surface area contributed by atoms with Crippen LogP contribution in [0.15, 0.2) is 40.2 Å². The number of nitrogens with one attached hydrogen (secondary N) is 1. The molecule has 0 bridgehead atoms. The Kier molecular flexibility index (Phi) is 5.39. The van der Waals surface area contributed by atoms with Crippen molar-refractivity contribution in [3.05, 3.63) is 50.6 Å². The van der Waals surface area contributed by atoms with Gasteiger partial charge in [0.25, 0.3) is 0 Å². The van der Waals surface area contributed by atoms with E-state index in [2.05, 4.69) is 44.9 Å². The minimum atomic E-state index is 0.220. The van der Waals surface area contributed by atoms with Crippen LogP contribution in [0.5, 0.6) is 5.75 Å². The summed E-state index contributed by atoms with van der Waals surface area (Å²) in [6.45, 7) is 0. The second kappa shape index (κ2) is 7.05. The van der Waals surface area contributed by atoms with Crippen molar-refractivity contribution < 1.29 is 4.74 Å². The van der Waals surface area contributed by atoms with Gasteiger partial charge in [0.15, 0.2) is 0 Å². The first-order valence-electron chi connectivity index (χ1n) is 6.03. The molecule has 0 radical (unpaired) electrons. The summed E-state index contributed by atoms with van der Waals surface area (Å²) in [6, 6.07) is 10.5. The maximum absolute atomic E-state index is 5.66. The standard InChI is InChI=1S/C14H17BrN2OS/c1-18-13-4-2-3-10(6-13)5-12(17-16)8-14-7-11(15)9-19-14/h2-4,6-7,9,12,17H,5,8,16H2,1H3. The number of methoxy groups -OCH3 is 1. The molecule has 1 heterocycles. The number of hydrogen-bond acceptors (Lipinski definition) is 4. The minimum absolute atomic E-state index is 0.220. The number of rotatable bonds is 6. The number of halogens is 1. The number of hydrogen-bond donors (Lipinski definition) is 2. The Labute approximate surface area is 125 Å². The molecular weight excluding hydrogens is 324 g/mol. The molecule has 0 aliphatic heterocycles. The summed E-state index contributed by atoms with van der Waals surface area (Å²) in [5.74, 6) is 6.54. The molecule has 1 aromatic carbocycles. The number of thiophene rings is 1. The Morgan fingerprint density at radius 1 is 1.37 bits per heavy atom. The predicted molar refractivity (Wildman–Crippen MR) is 83.5 cm³/mol. The first-order valence-corrected chi connectivity index (χ1v) is 7.70. The molecule has 102 valence electrons. The monoisotopic (exact) mass is 340 g/mol. The van der Waals surface area contributed by atoms with Crippen molar-refractivity contribution in [2.45, 2.75) is 18.9 Å². The van der Waals surface area contributed by atoms with Crippen LogP contribution in [0.2, 0.25) is 0 Å². The fourth-order valence-corrected chi connectivity index (χ4v) is 3.51. The molecule has 0 fully saturated rings. The second-order valence-electron chi connectivity index (χ2n) is 4.35. The van der Waals surface area contributed by atoms with Crippen molar-refractivity contribution >= 4 is 27.3 Å². The van der Waals surface area contributed by atoms with E-state index in [4.69, 9.17) is 10.6 Å². The van der Waals surface area contributed by atoms with Crippen LogP contribution in [-0.4, -0.2) is 13.2 Å². The molecule has 0 saturated carbocycles. The maximum atomic E-state index is 5.66. The van der Waals surface area contributed by atoms with E-state index < -0.39 is 0 Å². The van der Waals surface area contributed by atoms with E-state index in [-0.39, 0.29) is 6.04 Å². The van der Waals surface area contributed by atoms with Gasteiger partial charge in [0.05, 0.1) is 7.11 Å². The topological polar surface area (TPSA) is 47.3 Å². The molecule has 1 unspecified atom stereocenters. The molecule has 0 amide bonds. The van der Waals surface area contributed by atoms with Crippen molar-refractivity contribution in [1.29, 1.82) is 0 Å². The molecule has 0 aliphatic rings. The second-order valence-corrected chi connectivity index (χ2v) is 6.27. The lowest BCUT2D eigenvalue weighted by Gasteiger charge is -2.15. The van der Waals surface area contributed by atoms with E-state index in [9.17, 15) is 0 Å². The molecule has 0 spiro atoms. The van der Waals surface area contributed by atoms with Crippen molar-refractivity contribution in [2.24, 2.45) is 5.84 Å². The number of ether oxygens (including phenoxy) is 1. The lowest BCUT2D eigenvalue weighted by atomic mass is 10.0. The third-order valence-corrected chi connectivity index (χ3v) is 4.64. The zero-order valence-electron chi connectivity index (χ0n) is 10.7. The SMILES string of the molecule is COc1cccc(CC(Cc2cc(Br)cs2)NN)c1. The van der Waals surface area contributed by atoms with E-state index >= 15 is 0 Å². The van der Waals surface area contributed by atoms with Gasteiger partial charge in [-0.2, -0.15) is 0 Å². The van der Waals surface area contributed by atoms with Gasteiger partial charge >= 0.3 is 0 Å². The summed E-state index contributed by atoms with van der Waals surface area (Å²) in [5.41, 5.74) is 4.12. The summed E-state index contributed by atoms with van der Waals surface area (Å²) >= 11 is 5.22. The first kappa shape index (κ1) is 14.5. The maximum Gasteiger partial charge on any atom is 0.119 e. The van der Waals surface area contributed by atoms with Crippen LogP contribution in [0.4, 0.5) is 0 Å². The molecule has 3 nitrogen and oxygen atoms in total. The Morgan fingerprint density at radius 3 is 2.84 bits per heavy atom. The molecular formula is C14H17BrN2OS. The Bertz CT molecular complexity index is 530. The highest BCUT2D eigenvalue weighted by molar-refractivity contribution is 9.10. The van der Waals surface area contributed by atoms with Crippen LogP contribution < -0.4 is 16.0 Å². The number of benzene rings is 1. The van der Waals surface area contributed by atoms with Gasteiger partial charge in [-0.05, 0) is 52.5 Å². The summed E-state index contributed by atoms with van der Waals surface area (Å²) in [7, 11) is 1.68. The third kappa shape index (κ3) is 4.31. The molecule has 2 aromatic rings. The van der Waals surface area contributed by atoms with Crippen LogP contribution in [-0.2, 0) is 12.8 Å². The van der Waals surface area contributed by atoms with Crippen molar-refractivity contribution in [2.75, 3.05) is 7.11 Å². The van der Waals surface area contributed by atoms with E-state index in [1.165, 1.54) is 10.4 Å². The van der Waals surface area contributed by atoms with Crippen molar-refractivity contribution in [3.63, 3.8) is 0 Å². The van der Waals surface area contributed by atoms with Crippen molar-refractivity contribution in [1.82, 2.24) is 5.43 Å². The molecule has 0 saturated heterocycles. The molecule has 2 rings (SSSR count). The molecule has 1 aromatic heterocycles. The van der Waals surface area contributed by atoms with Gasteiger partial charge in [-0.3, -0.25) is 11.3 Å². The predicted octanol–water partition coefficient (Wildman–Crippen LogP) is 3.14. The van der Waals surface area contributed by atoms with Crippen LogP contribution in [0.3, 0.4) is 0 Å². The lowest BCUT2D eigenvalue weighted by molar-refractivity contribution is 0.413. The highest BCUT2D eigenvalue weighted by Gasteiger charge is 2.11. The van der Waals surface area contributed by atoms with Gasteiger partial charge in [-0.25, -0.2) is 0 Å². The normalized spacial score (nSPS) is 12.4. The summed E-state index contributed by atoms with van der Waals surface area (Å²) in [4.78, 5) is 1.32. The largest absolute Gasteiger partial charge is 0.497 e. The molecule has 19 heavy (non-hydrogen) atoms. The van der Waals surface area contributed by atoms with Gasteiger partial charge in [0, 0.05) is 20.8 Å². The summed E-state index contributed by atoms with van der Waals surface area (Å²) in [5, 5.41) is 2.09. The van der Waals surface area contributed by atoms with Gasteiger partial charge in [-0.15, -0.1) is 11.3 Å². The highest BCUT2D eigenvalue weighted by atomic mass is 79.9. The third-order valence-electron chi connectivity index (χ3n) is 2.92. The molecule has 5 heteroatoms. The number of hydrazine groups is 1. The Balaban J connectivity index is 2.01. The lowest BCUT2D eigenvalue weighted by Crippen LogP contribution is -2.38. The van der Waals surface area contributed by atoms with Gasteiger partial charge in [0.2, 0.25) is 0 Å². The van der Waals surface area contributed by atoms with E-state index in [1.807, 2.05) is 12.1 Å². The zero-order chi connectivity index (χ0) is 13.7. The van der Waals surface area contributed by atoms with E-state index in [0.717, 1.165) is 23.1 Å². The minimum Gasteiger partial charge on any atom is -0.497 e. The first-order chi connectivity index (χ1) is 9.21. The Hall–Kier alpha value is -0.880. The smallest absolute Gasteiger partial charge is 0.119 e. The zero-order valence-corrected chi connectivity index (χ0v) is 13.1. The number of nitrogens with two attached hydrogens (primary N) is 1. The average Bonchev–Trinajstić information content (AvgIpc) is 2.83. The Morgan fingerprint density at radius 2 is 2.21 bits per heavy atom. The fraction of sp³-hybridized carbons (Fsp3) is 0.286. The molecule has 3 N–H and O–H groups in total. The van der Waals surface area contributed by atoms with Crippen LogP contribution in [0, 0.1) is 0 Å². The average molecular weight is 341 g/mol. The van der Waals surface area contributed by atoms with Gasteiger partial charge in [0.1, 0.15) is 5.75 Å².